The van der Waals surface area contributed by atoms with E-state index in [9.17, 15) is 10.1 Å². The Kier molecular flexibility index (Phi) is 4.52. The minimum Gasteiger partial charge on any atom is -0.364 e. The Hall–Kier alpha value is -2.44. The number of nitro groups is 1. The number of anilines is 1. The fourth-order valence-corrected chi connectivity index (χ4v) is 2.18. The van der Waals surface area contributed by atoms with Crippen LogP contribution < -0.4 is 5.32 Å². The van der Waals surface area contributed by atoms with Crippen molar-refractivity contribution in [2.75, 3.05) is 11.9 Å². The highest BCUT2D eigenvalue weighted by Gasteiger charge is 2.28. The average molecular weight is 289 g/mol. The molecule has 0 radical (unpaired) electrons. The molecule has 0 saturated heterocycles. The predicted octanol–water partition coefficient (Wildman–Crippen LogP) is 2.50. The molecule has 0 unspecified atom stereocenters. The van der Waals surface area contributed by atoms with E-state index in [2.05, 4.69) is 15.4 Å². The van der Waals surface area contributed by atoms with E-state index in [0.717, 1.165) is 12.0 Å². The highest BCUT2D eigenvalue weighted by molar-refractivity contribution is 5.60. The molecule has 0 aliphatic heterocycles. The lowest BCUT2D eigenvalue weighted by molar-refractivity contribution is -0.384. The van der Waals surface area contributed by atoms with E-state index in [1.807, 2.05) is 26.0 Å². The molecular formula is C14H19N5O2. The molecule has 2 heterocycles. The van der Waals surface area contributed by atoms with Crippen LogP contribution in [0.1, 0.15) is 31.0 Å². The minimum absolute atomic E-state index is 0.00680. The Morgan fingerprint density at radius 2 is 2.05 bits per heavy atom. The third kappa shape index (κ3) is 3.36. The summed E-state index contributed by atoms with van der Waals surface area (Å²) in [5, 5.41) is 18.7. The molecule has 0 amide bonds. The zero-order valence-electron chi connectivity index (χ0n) is 12.4. The molecule has 21 heavy (non-hydrogen) atoms. The molecule has 2 aromatic rings. The van der Waals surface area contributed by atoms with Gasteiger partial charge in [0, 0.05) is 31.9 Å². The fraction of sp³-hybridized carbons (Fsp3) is 0.429. The average Bonchev–Trinajstić information content (AvgIpc) is 2.78. The van der Waals surface area contributed by atoms with Crippen LogP contribution in [0.5, 0.6) is 0 Å². The van der Waals surface area contributed by atoms with Gasteiger partial charge in [0.1, 0.15) is 5.69 Å². The van der Waals surface area contributed by atoms with Crippen molar-refractivity contribution in [3.63, 3.8) is 0 Å². The van der Waals surface area contributed by atoms with Gasteiger partial charge in [0.25, 0.3) is 0 Å². The molecule has 1 N–H and O–H groups in total. The molecule has 7 heteroatoms. The summed E-state index contributed by atoms with van der Waals surface area (Å²) in [7, 11) is 1.72. The van der Waals surface area contributed by atoms with Crippen LogP contribution in [0, 0.1) is 10.1 Å². The van der Waals surface area contributed by atoms with Crippen molar-refractivity contribution in [3.05, 3.63) is 45.9 Å². The van der Waals surface area contributed by atoms with Gasteiger partial charge in [-0.1, -0.05) is 13.8 Å². The zero-order valence-corrected chi connectivity index (χ0v) is 12.4. The normalized spacial score (nSPS) is 10.9. The van der Waals surface area contributed by atoms with Crippen LogP contribution in [0.2, 0.25) is 0 Å². The number of aryl methyl sites for hydroxylation is 1. The first kappa shape index (κ1) is 15.0. The molecule has 7 nitrogen and oxygen atoms in total. The second-order valence-corrected chi connectivity index (χ2v) is 5.15. The standard InChI is InChI=1S/C14H19N5O2/c1-10(2)12-13(19(20)21)14(18(3)17-12)16-9-6-11-4-7-15-8-5-11/h4-5,7-8,10,16H,6,9H2,1-3H3. The monoisotopic (exact) mass is 289 g/mol. The molecule has 0 saturated carbocycles. The van der Waals surface area contributed by atoms with Crippen molar-refractivity contribution in [1.82, 2.24) is 14.8 Å². The van der Waals surface area contributed by atoms with Gasteiger partial charge in [0.2, 0.25) is 5.82 Å². The van der Waals surface area contributed by atoms with Crippen molar-refractivity contribution in [3.8, 4) is 0 Å². The van der Waals surface area contributed by atoms with Crippen LogP contribution >= 0.6 is 0 Å². The van der Waals surface area contributed by atoms with E-state index in [1.54, 1.807) is 24.1 Å². The van der Waals surface area contributed by atoms with Crippen molar-refractivity contribution >= 4 is 11.5 Å². The Balaban J connectivity index is 2.14. The smallest absolute Gasteiger partial charge is 0.334 e. The topological polar surface area (TPSA) is 85.9 Å². The first-order valence-electron chi connectivity index (χ1n) is 6.84. The number of rotatable bonds is 6. The molecule has 2 rings (SSSR count). The number of nitrogens with zero attached hydrogens (tertiary/aromatic N) is 4. The number of hydrogen-bond acceptors (Lipinski definition) is 5. The van der Waals surface area contributed by atoms with E-state index in [0.29, 0.717) is 18.1 Å². The third-order valence-corrected chi connectivity index (χ3v) is 3.23. The van der Waals surface area contributed by atoms with Crippen LogP contribution in [-0.2, 0) is 13.5 Å². The van der Waals surface area contributed by atoms with Gasteiger partial charge in [-0.2, -0.15) is 5.10 Å². The van der Waals surface area contributed by atoms with E-state index in [-0.39, 0.29) is 16.5 Å². The molecule has 0 aliphatic rings. The van der Waals surface area contributed by atoms with E-state index >= 15 is 0 Å². The van der Waals surface area contributed by atoms with Crippen molar-refractivity contribution in [1.29, 1.82) is 0 Å². The maximum Gasteiger partial charge on any atom is 0.334 e. The Morgan fingerprint density at radius 1 is 1.38 bits per heavy atom. The van der Waals surface area contributed by atoms with Gasteiger partial charge in [0.05, 0.1) is 4.92 Å². The van der Waals surface area contributed by atoms with Gasteiger partial charge in [-0.3, -0.25) is 15.1 Å². The Bertz CT molecular complexity index is 622. The zero-order chi connectivity index (χ0) is 15.4. The highest BCUT2D eigenvalue weighted by Crippen LogP contribution is 2.32. The summed E-state index contributed by atoms with van der Waals surface area (Å²) in [5.41, 5.74) is 1.71. The molecule has 0 aliphatic carbocycles. The second-order valence-electron chi connectivity index (χ2n) is 5.15. The maximum absolute atomic E-state index is 11.3. The van der Waals surface area contributed by atoms with Crippen LogP contribution in [-0.4, -0.2) is 26.2 Å². The van der Waals surface area contributed by atoms with Crippen LogP contribution in [0.4, 0.5) is 11.5 Å². The van der Waals surface area contributed by atoms with Crippen molar-refractivity contribution in [2.24, 2.45) is 7.05 Å². The van der Waals surface area contributed by atoms with Gasteiger partial charge in [0.15, 0.2) is 0 Å². The van der Waals surface area contributed by atoms with Crippen LogP contribution in [0.15, 0.2) is 24.5 Å². The summed E-state index contributed by atoms with van der Waals surface area (Å²) in [5.74, 6) is 0.463. The van der Waals surface area contributed by atoms with Gasteiger partial charge in [-0.25, -0.2) is 4.68 Å². The summed E-state index contributed by atoms with van der Waals surface area (Å²) in [6, 6.07) is 3.86. The van der Waals surface area contributed by atoms with Gasteiger partial charge < -0.3 is 5.32 Å². The van der Waals surface area contributed by atoms with Crippen molar-refractivity contribution < 1.29 is 4.92 Å². The number of aromatic nitrogens is 3. The summed E-state index contributed by atoms with van der Waals surface area (Å²) >= 11 is 0. The third-order valence-electron chi connectivity index (χ3n) is 3.23. The number of pyridine rings is 1. The largest absolute Gasteiger partial charge is 0.364 e. The Morgan fingerprint density at radius 3 is 2.62 bits per heavy atom. The Labute approximate surface area is 123 Å². The van der Waals surface area contributed by atoms with Gasteiger partial charge >= 0.3 is 5.69 Å². The molecular weight excluding hydrogens is 270 g/mol. The molecule has 0 bridgehead atoms. The summed E-state index contributed by atoms with van der Waals surface area (Å²) in [6.07, 6.45) is 4.24. The first-order valence-corrected chi connectivity index (χ1v) is 6.84. The molecule has 0 spiro atoms. The molecule has 0 aromatic carbocycles. The lowest BCUT2D eigenvalue weighted by atomic mass is 10.1. The van der Waals surface area contributed by atoms with E-state index < -0.39 is 0 Å². The number of hydrogen-bond donors (Lipinski definition) is 1. The molecule has 2 aromatic heterocycles. The minimum atomic E-state index is -0.364. The molecule has 0 atom stereocenters. The van der Waals surface area contributed by atoms with E-state index in [4.69, 9.17) is 0 Å². The predicted molar refractivity (Wildman–Crippen MR) is 80.4 cm³/mol. The second kappa shape index (κ2) is 6.34. The van der Waals surface area contributed by atoms with Crippen LogP contribution in [0.25, 0.3) is 0 Å². The summed E-state index contributed by atoms with van der Waals surface area (Å²) in [6.45, 7) is 4.40. The quantitative estimate of drug-likeness (QED) is 0.652. The van der Waals surface area contributed by atoms with Crippen molar-refractivity contribution in [2.45, 2.75) is 26.2 Å². The molecule has 112 valence electrons. The summed E-state index contributed by atoms with van der Waals surface area (Å²) in [4.78, 5) is 14.9. The van der Waals surface area contributed by atoms with Gasteiger partial charge in [-0.05, 0) is 24.1 Å². The highest BCUT2D eigenvalue weighted by atomic mass is 16.6. The van der Waals surface area contributed by atoms with Gasteiger partial charge in [-0.15, -0.1) is 0 Å². The lowest BCUT2D eigenvalue weighted by Gasteiger charge is -2.06. The van der Waals surface area contributed by atoms with Crippen LogP contribution in [0.3, 0.4) is 0 Å². The summed E-state index contributed by atoms with van der Waals surface area (Å²) < 4.78 is 1.54. The maximum atomic E-state index is 11.3. The lowest BCUT2D eigenvalue weighted by Crippen LogP contribution is -2.10. The molecule has 0 fully saturated rings. The SMILES string of the molecule is CC(C)c1nn(C)c(NCCc2ccncc2)c1[N+](=O)[O-]. The first-order chi connectivity index (χ1) is 10.0. The van der Waals surface area contributed by atoms with E-state index in [1.165, 1.54) is 0 Å². The fourth-order valence-electron chi connectivity index (χ4n) is 2.18. The number of nitrogens with one attached hydrogen (secondary N) is 1.